The lowest BCUT2D eigenvalue weighted by atomic mass is 9.75. The molecule has 1 aliphatic rings. The molecule has 1 saturated heterocycles. The minimum Gasteiger partial charge on any atom is -0.456 e. The number of ether oxygens (including phenoxy) is 1. The van der Waals surface area contributed by atoms with Gasteiger partial charge < -0.3 is 14.0 Å². The van der Waals surface area contributed by atoms with Crippen molar-refractivity contribution in [2.24, 2.45) is 0 Å². The highest BCUT2D eigenvalue weighted by Crippen LogP contribution is 2.36. The number of hydrogen-bond acceptors (Lipinski definition) is 4. The number of carbonyl (C=O) groups excluding carboxylic acids is 1. The van der Waals surface area contributed by atoms with Gasteiger partial charge in [0.15, 0.2) is 0 Å². The summed E-state index contributed by atoms with van der Waals surface area (Å²) in [5.41, 5.74) is 2.00. The standard InChI is InChI=1S/C19H29BO4/c1-12-10-13(2)15(11-14(12)16(21)22-17(3,4)5)20-23-18(6,7)19(8,9)24-20/h10-11H,1-9H3. The fraction of sp³-hybridized carbons (Fsp3) is 0.632. The molecule has 132 valence electrons. The van der Waals surface area contributed by atoms with Gasteiger partial charge in [-0.25, -0.2) is 4.79 Å². The van der Waals surface area contributed by atoms with Crippen LogP contribution in [0.5, 0.6) is 0 Å². The summed E-state index contributed by atoms with van der Waals surface area (Å²) in [6.45, 7) is 17.6. The van der Waals surface area contributed by atoms with Gasteiger partial charge in [-0.3, -0.25) is 0 Å². The molecule has 1 aromatic carbocycles. The third kappa shape index (κ3) is 3.67. The maximum atomic E-state index is 12.5. The first-order chi connectivity index (χ1) is 10.7. The topological polar surface area (TPSA) is 44.8 Å². The first-order valence-corrected chi connectivity index (χ1v) is 8.44. The maximum Gasteiger partial charge on any atom is 0.495 e. The molecule has 0 aromatic heterocycles. The van der Waals surface area contributed by atoms with Crippen molar-refractivity contribution in [1.82, 2.24) is 0 Å². The van der Waals surface area contributed by atoms with E-state index in [1.165, 1.54) is 0 Å². The minimum atomic E-state index is -0.529. The Morgan fingerprint density at radius 2 is 1.50 bits per heavy atom. The van der Waals surface area contributed by atoms with E-state index < -0.39 is 23.9 Å². The minimum absolute atomic E-state index is 0.322. The second-order valence-electron chi connectivity index (χ2n) is 8.61. The zero-order valence-electron chi connectivity index (χ0n) is 16.4. The van der Waals surface area contributed by atoms with Crippen LogP contribution in [0.4, 0.5) is 0 Å². The van der Waals surface area contributed by atoms with Gasteiger partial charge in [-0.15, -0.1) is 0 Å². The summed E-state index contributed by atoms with van der Waals surface area (Å²) >= 11 is 0. The van der Waals surface area contributed by atoms with E-state index >= 15 is 0 Å². The van der Waals surface area contributed by atoms with E-state index in [2.05, 4.69) is 0 Å². The molecule has 0 saturated carbocycles. The van der Waals surface area contributed by atoms with Crippen molar-refractivity contribution in [1.29, 1.82) is 0 Å². The van der Waals surface area contributed by atoms with E-state index in [9.17, 15) is 4.79 Å². The third-order valence-electron chi connectivity index (χ3n) is 4.74. The van der Waals surface area contributed by atoms with Gasteiger partial charge in [0.25, 0.3) is 0 Å². The van der Waals surface area contributed by atoms with Crippen LogP contribution in [0, 0.1) is 13.8 Å². The highest BCUT2D eigenvalue weighted by Gasteiger charge is 2.52. The quantitative estimate of drug-likeness (QED) is 0.614. The zero-order valence-corrected chi connectivity index (χ0v) is 16.4. The predicted molar refractivity (Wildman–Crippen MR) is 96.8 cm³/mol. The van der Waals surface area contributed by atoms with Crippen LogP contribution in [0.3, 0.4) is 0 Å². The highest BCUT2D eigenvalue weighted by atomic mass is 16.7. The molecule has 0 N–H and O–H groups in total. The van der Waals surface area contributed by atoms with Gasteiger partial charge >= 0.3 is 13.1 Å². The van der Waals surface area contributed by atoms with Crippen molar-refractivity contribution in [3.63, 3.8) is 0 Å². The van der Waals surface area contributed by atoms with Crippen molar-refractivity contribution >= 4 is 18.6 Å². The first-order valence-electron chi connectivity index (χ1n) is 8.44. The average molecular weight is 332 g/mol. The van der Waals surface area contributed by atoms with Crippen LogP contribution in [-0.4, -0.2) is 29.9 Å². The normalized spacial score (nSPS) is 19.5. The number of rotatable bonds is 2. The van der Waals surface area contributed by atoms with Gasteiger partial charge in [-0.1, -0.05) is 11.6 Å². The van der Waals surface area contributed by atoms with Gasteiger partial charge in [-0.05, 0) is 79.4 Å². The van der Waals surface area contributed by atoms with Crippen LogP contribution in [-0.2, 0) is 14.0 Å². The Balaban J connectivity index is 2.40. The molecule has 0 radical (unpaired) electrons. The Labute approximate surface area is 146 Å². The van der Waals surface area contributed by atoms with Crippen molar-refractivity contribution in [3.05, 3.63) is 28.8 Å². The van der Waals surface area contributed by atoms with Crippen LogP contribution in [0.2, 0.25) is 0 Å². The van der Waals surface area contributed by atoms with Gasteiger partial charge in [-0.2, -0.15) is 0 Å². The Bertz CT molecular complexity index is 640. The molecule has 1 aliphatic heterocycles. The molecule has 5 heteroatoms. The van der Waals surface area contributed by atoms with Crippen LogP contribution in [0.15, 0.2) is 12.1 Å². The molecule has 0 amide bonds. The molecule has 1 heterocycles. The molecule has 2 rings (SSSR count). The zero-order chi connectivity index (χ0) is 18.5. The van der Waals surface area contributed by atoms with E-state index in [0.717, 1.165) is 16.6 Å². The van der Waals surface area contributed by atoms with Crippen molar-refractivity contribution in [2.45, 2.75) is 79.1 Å². The van der Waals surface area contributed by atoms with Crippen LogP contribution >= 0.6 is 0 Å². The summed E-state index contributed by atoms with van der Waals surface area (Å²) in [7, 11) is -0.489. The molecular formula is C19H29BO4. The van der Waals surface area contributed by atoms with Crippen molar-refractivity contribution in [3.8, 4) is 0 Å². The SMILES string of the molecule is Cc1cc(C)c(C(=O)OC(C)(C)C)cc1B1OC(C)(C)C(C)(C)O1. The first kappa shape index (κ1) is 19.0. The van der Waals surface area contributed by atoms with Gasteiger partial charge in [0.05, 0.1) is 16.8 Å². The summed E-state index contributed by atoms with van der Waals surface area (Å²) < 4.78 is 17.8. The van der Waals surface area contributed by atoms with Crippen molar-refractivity contribution in [2.75, 3.05) is 0 Å². The largest absolute Gasteiger partial charge is 0.495 e. The van der Waals surface area contributed by atoms with Gasteiger partial charge in [0.1, 0.15) is 5.60 Å². The summed E-state index contributed by atoms with van der Waals surface area (Å²) in [5, 5.41) is 0. The fourth-order valence-corrected chi connectivity index (χ4v) is 2.65. The molecule has 1 fully saturated rings. The summed E-state index contributed by atoms with van der Waals surface area (Å²) in [5.74, 6) is -0.322. The van der Waals surface area contributed by atoms with E-state index in [-0.39, 0.29) is 5.97 Å². The van der Waals surface area contributed by atoms with Gasteiger partial charge in [0.2, 0.25) is 0 Å². The lowest BCUT2D eigenvalue weighted by molar-refractivity contribution is 0.00578. The number of aryl methyl sites for hydroxylation is 2. The third-order valence-corrected chi connectivity index (χ3v) is 4.74. The second-order valence-corrected chi connectivity index (χ2v) is 8.61. The summed E-state index contributed by atoms with van der Waals surface area (Å²) in [6, 6.07) is 3.83. The molecule has 0 atom stereocenters. The summed E-state index contributed by atoms with van der Waals surface area (Å²) in [4.78, 5) is 12.5. The molecule has 1 aromatic rings. The average Bonchev–Trinajstić information content (AvgIpc) is 2.55. The van der Waals surface area contributed by atoms with Crippen LogP contribution in [0.1, 0.15) is 70.0 Å². The lowest BCUT2D eigenvalue weighted by Crippen LogP contribution is -2.41. The lowest BCUT2D eigenvalue weighted by Gasteiger charge is -2.32. The Morgan fingerprint density at radius 3 is 1.96 bits per heavy atom. The molecular weight excluding hydrogens is 303 g/mol. The molecule has 0 bridgehead atoms. The number of esters is 1. The monoisotopic (exact) mass is 332 g/mol. The number of benzene rings is 1. The maximum absolute atomic E-state index is 12.5. The molecule has 0 spiro atoms. The van der Waals surface area contributed by atoms with E-state index in [1.54, 1.807) is 0 Å². The Morgan fingerprint density at radius 1 is 1.00 bits per heavy atom. The molecule has 24 heavy (non-hydrogen) atoms. The number of hydrogen-bond donors (Lipinski definition) is 0. The number of carbonyl (C=O) groups is 1. The Kier molecular flexibility index (Phi) is 4.66. The van der Waals surface area contributed by atoms with Crippen LogP contribution < -0.4 is 5.46 Å². The van der Waals surface area contributed by atoms with Gasteiger partial charge in [0, 0.05) is 0 Å². The molecule has 4 nitrogen and oxygen atoms in total. The fourth-order valence-electron chi connectivity index (χ4n) is 2.65. The Hall–Kier alpha value is -1.33. The second kappa shape index (κ2) is 5.89. The van der Waals surface area contributed by atoms with Crippen LogP contribution in [0.25, 0.3) is 0 Å². The smallest absolute Gasteiger partial charge is 0.456 e. The van der Waals surface area contributed by atoms with E-state index in [0.29, 0.717) is 5.56 Å². The van der Waals surface area contributed by atoms with Crippen molar-refractivity contribution < 1.29 is 18.8 Å². The molecule has 0 unspecified atom stereocenters. The predicted octanol–water partition coefficient (Wildman–Crippen LogP) is 3.56. The summed E-state index contributed by atoms with van der Waals surface area (Å²) in [6.07, 6.45) is 0. The van der Waals surface area contributed by atoms with E-state index in [1.807, 2.05) is 74.4 Å². The van der Waals surface area contributed by atoms with E-state index in [4.69, 9.17) is 14.0 Å². The highest BCUT2D eigenvalue weighted by molar-refractivity contribution is 6.62. The molecule has 0 aliphatic carbocycles.